The third kappa shape index (κ3) is 5.74. The number of carbonyl (C=O) groups is 3. The number of aromatic nitrogens is 3. The molecule has 3 N–H and O–H groups in total. The van der Waals surface area contributed by atoms with Gasteiger partial charge in [0.15, 0.2) is 5.82 Å². The molecule has 3 aromatic rings. The number of piperazine rings is 1. The summed E-state index contributed by atoms with van der Waals surface area (Å²) in [7, 11) is 0. The Morgan fingerprint density at radius 2 is 1.93 bits per heavy atom. The fourth-order valence-corrected chi connectivity index (χ4v) is 5.27. The van der Waals surface area contributed by atoms with Crippen LogP contribution in [0.1, 0.15) is 43.1 Å². The van der Waals surface area contributed by atoms with Crippen LogP contribution in [-0.4, -0.2) is 76.9 Å². The van der Waals surface area contributed by atoms with Crippen molar-refractivity contribution < 1.29 is 36.3 Å². The summed E-state index contributed by atoms with van der Waals surface area (Å²) in [4.78, 5) is 45.4. The molecule has 0 spiro atoms. The Labute approximate surface area is 235 Å². The number of halogens is 3. The zero-order valence-corrected chi connectivity index (χ0v) is 23.1. The van der Waals surface area contributed by atoms with E-state index in [0.717, 1.165) is 16.9 Å². The normalized spacial score (nSPS) is 16.2. The number of hydrogen-bond acceptors (Lipinski definition) is 8. The van der Waals surface area contributed by atoms with Crippen molar-refractivity contribution in [2.75, 3.05) is 36.0 Å². The van der Waals surface area contributed by atoms with Crippen LogP contribution in [0.3, 0.4) is 0 Å². The second-order valence-corrected chi connectivity index (χ2v) is 10.9. The lowest BCUT2D eigenvalue weighted by molar-refractivity contribution is -0.145. The van der Waals surface area contributed by atoms with Gasteiger partial charge in [-0.15, -0.1) is 0 Å². The third-order valence-electron chi connectivity index (χ3n) is 6.86. The molecule has 16 heteroatoms. The lowest BCUT2D eigenvalue weighted by Gasteiger charge is -2.45. The molecule has 41 heavy (non-hydrogen) atoms. The van der Waals surface area contributed by atoms with E-state index in [0.29, 0.717) is 0 Å². The van der Waals surface area contributed by atoms with Gasteiger partial charge in [0.05, 0.1) is 22.5 Å². The number of rotatable bonds is 7. The summed E-state index contributed by atoms with van der Waals surface area (Å²) in [6, 6.07) is 5.04. The van der Waals surface area contributed by atoms with Crippen LogP contribution in [0.25, 0.3) is 16.8 Å². The summed E-state index contributed by atoms with van der Waals surface area (Å²) < 4.78 is 64.3. The Bertz CT molecular complexity index is 1560. The van der Waals surface area contributed by atoms with Crippen LogP contribution >= 0.6 is 0 Å². The molecule has 3 amide bonds. The van der Waals surface area contributed by atoms with Gasteiger partial charge in [-0.1, -0.05) is 17.1 Å². The minimum absolute atomic E-state index is 0.0124. The first-order valence-corrected chi connectivity index (χ1v) is 13.7. The van der Waals surface area contributed by atoms with Crippen molar-refractivity contribution in [2.24, 2.45) is 0 Å². The predicted molar refractivity (Wildman–Crippen MR) is 142 cm³/mol. The Balaban J connectivity index is 1.85. The Morgan fingerprint density at radius 3 is 2.56 bits per heavy atom. The average Bonchev–Trinajstić information content (AvgIpc) is 3.29. The Kier molecular flexibility index (Phi) is 8.09. The lowest BCUT2D eigenvalue weighted by Crippen LogP contribution is -2.64. The molecule has 1 aromatic carbocycles. The maximum Gasteiger partial charge on any atom is 0.418 e. The first kappa shape index (κ1) is 29.9. The number of nitrogen functional groups attached to an aromatic ring is 1. The maximum absolute atomic E-state index is 13.9. The van der Waals surface area contributed by atoms with Crippen LogP contribution in [0.4, 0.5) is 24.7 Å². The van der Waals surface area contributed by atoms with E-state index in [9.17, 15) is 36.3 Å². The molecule has 1 unspecified atom stereocenters. The van der Waals surface area contributed by atoms with Gasteiger partial charge in [0, 0.05) is 37.9 Å². The molecule has 4 rings (SSSR count). The second-order valence-electron chi connectivity index (χ2n) is 9.88. The zero-order valence-electron chi connectivity index (χ0n) is 22.3. The summed E-state index contributed by atoms with van der Waals surface area (Å²) in [5, 5.41) is 6.57. The molecule has 1 fully saturated rings. The van der Waals surface area contributed by atoms with E-state index in [-0.39, 0.29) is 66.0 Å². The first-order valence-electron chi connectivity index (χ1n) is 12.4. The standard InChI is InChI=1S/C25H28F3N7O5S/c1-14(36)34-9-8-33(23(38)24(34,2)3)19-11-15(5-6-16(19)22(37)30-7-4-10-41(39)40)18-12-17(25(26,27)28)20-21(29)31-13-32-35(18)20/h5-6,11-13H,4,7-10H2,1-3H3,(H,30,37)(H,39,40)(H2,29,31,32)/p-1. The van der Waals surface area contributed by atoms with Crippen LogP contribution in [0.5, 0.6) is 0 Å². The SMILES string of the molecule is CC(=O)N1CCN(c2cc(-c3cc(C(F)(F)F)c4c(N)ncnn34)ccc2C(=O)NCCCS(=O)[O-])C(=O)C1(C)C. The topological polar surface area (TPSA) is 166 Å². The summed E-state index contributed by atoms with van der Waals surface area (Å²) in [6.45, 7) is 4.64. The fourth-order valence-electron chi connectivity index (χ4n) is 4.89. The number of carbonyl (C=O) groups excluding carboxylic acids is 3. The number of anilines is 2. The van der Waals surface area contributed by atoms with Crippen molar-refractivity contribution in [2.45, 2.75) is 38.9 Å². The highest BCUT2D eigenvalue weighted by molar-refractivity contribution is 7.79. The van der Waals surface area contributed by atoms with Gasteiger partial charge in [-0.05, 0) is 38.5 Å². The highest BCUT2D eigenvalue weighted by Crippen LogP contribution is 2.40. The lowest BCUT2D eigenvalue weighted by atomic mass is 9.95. The molecule has 0 bridgehead atoms. The number of nitrogens with zero attached hydrogens (tertiary/aromatic N) is 5. The van der Waals surface area contributed by atoms with Gasteiger partial charge in [-0.2, -0.15) is 18.3 Å². The molecular weight excluding hydrogens is 567 g/mol. The molecule has 220 valence electrons. The van der Waals surface area contributed by atoms with Gasteiger partial charge < -0.3 is 25.4 Å². The van der Waals surface area contributed by atoms with Gasteiger partial charge in [-0.3, -0.25) is 18.6 Å². The van der Waals surface area contributed by atoms with Crippen LogP contribution < -0.4 is 16.0 Å². The zero-order chi connectivity index (χ0) is 30.3. The molecule has 1 aliphatic heterocycles. The first-order chi connectivity index (χ1) is 19.1. The molecule has 2 aromatic heterocycles. The molecule has 1 aliphatic rings. The predicted octanol–water partition coefficient (Wildman–Crippen LogP) is 1.97. The van der Waals surface area contributed by atoms with Crippen LogP contribution in [0.15, 0.2) is 30.6 Å². The van der Waals surface area contributed by atoms with Crippen molar-refractivity contribution >= 4 is 45.8 Å². The third-order valence-corrected chi connectivity index (χ3v) is 7.48. The van der Waals surface area contributed by atoms with E-state index in [4.69, 9.17) is 5.73 Å². The van der Waals surface area contributed by atoms with Crippen molar-refractivity contribution in [1.29, 1.82) is 0 Å². The highest BCUT2D eigenvalue weighted by Gasteiger charge is 2.44. The molecule has 3 heterocycles. The van der Waals surface area contributed by atoms with Crippen LogP contribution in [0, 0.1) is 0 Å². The molecule has 0 radical (unpaired) electrons. The monoisotopic (exact) mass is 594 g/mol. The summed E-state index contributed by atoms with van der Waals surface area (Å²) in [5.41, 5.74) is 3.30. The number of fused-ring (bicyclic) bond motifs is 1. The van der Waals surface area contributed by atoms with Gasteiger partial charge in [0.2, 0.25) is 5.91 Å². The van der Waals surface area contributed by atoms with Gasteiger partial charge in [-0.25, -0.2) is 9.50 Å². The maximum atomic E-state index is 13.9. The van der Waals surface area contributed by atoms with E-state index in [1.54, 1.807) is 13.8 Å². The molecule has 0 aliphatic carbocycles. The number of amides is 3. The van der Waals surface area contributed by atoms with Gasteiger partial charge in [0.25, 0.3) is 11.8 Å². The number of alkyl halides is 3. The quantitative estimate of drug-likeness (QED) is 0.309. The Hall–Kier alpha value is -4.05. The van der Waals surface area contributed by atoms with Crippen molar-refractivity contribution in [3.63, 3.8) is 0 Å². The summed E-state index contributed by atoms with van der Waals surface area (Å²) in [6.07, 6.45) is -3.62. The number of nitrogens with one attached hydrogen (secondary N) is 1. The van der Waals surface area contributed by atoms with Crippen molar-refractivity contribution in [3.05, 3.63) is 41.7 Å². The number of hydrogen-bond donors (Lipinski definition) is 2. The van der Waals surface area contributed by atoms with Crippen molar-refractivity contribution in [3.8, 4) is 11.3 Å². The highest BCUT2D eigenvalue weighted by atomic mass is 32.2. The van der Waals surface area contributed by atoms with Gasteiger partial charge >= 0.3 is 6.18 Å². The molecule has 0 saturated carbocycles. The van der Waals surface area contributed by atoms with E-state index >= 15 is 0 Å². The van der Waals surface area contributed by atoms with E-state index in [1.807, 2.05) is 0 Å². The van der Waals surface area contributed by atoms with E-state index < -0.39 is 45.7 Å². The Morgan fingerprint density at radius 1 is 1.22 bits per heavy atom. The smallest absolute Gasteiger partial charge is 0.418 e. The van der Waals surface area contributed by atoms with E-state index in [2.05, 4.69) is 15.4 Å². The molecule has 1 saturated heterocycles. The van der Waals surface area contributed by atoms with E-state index in [1.165, 1.54) is 34.9 Å². The molecule has 1 atom stereocenters. The van der Waals surface area contributed by atoms with Gasteiger partial charge in [0.1, 0.15) is 17.4 Å². The molecule has 12 nitrogen and oxygen atoms in total. The largest absolute Gasteiger partial charge is 0.772 e. The molecular formula is C25H27F3N7O5S-. The summed E-state index contributed by atoms with van der Waals surface area (Å²) >= 11 is -2.28. The second kappa shape index (κ2) is 11.1. The van der Waals surface area contributed by atoms with Crippen molar-refractivity contribution in [1.82, 2.24) is 24.8 Å². The minimum Gasteiger partial charge on any atom is -0.772 e. The average molecular weight is 595 g/mol. The summed E-state index contributed by atoms with van der Waals surface area (Å²) in [5.74, 6) is -1.99. The van der Waals surface area contributed by atoms with Crippen LogP contribution in [-0.2, 0) is 26.8 Å². The van der Waals surface area contributed by atoms with Crippen LogP contribution in [0.2, 0.25) is 0 Å². The number of nitrogens with two attached hydrogens (primary N) is 1. The fraction of sp³-hybridized carbons (Fsp3) is 0.400. The minimum atomic E-state index is -4.78. The number of benzene rings is 1.